The fourth-order valence-corrected chi connectivity index (χ4v) is 2.06. The van der Waals surface area contributed by atoms with E-state index in [0.29, 0.717) is 10.4 Å². The predicted molar refractivity (Wildman–Crippen MR) is 64.3 cm³/mol. The Labute approximate surface area is 97.9 Å². The predicted octanol–water partition coefficient (Wildman–Crippen LogP) is 2.93. The fraction of sp³-hybridized carbons (Fsp3) is 0. The lowest BCUT2D eigenvalue weighted by Gasteiger charge is -1.90. The Morgan fingerprint density at radius 1 is 1.33 bits per heavy atom. The number of aromatic nitrogens is 4. The molecule has 3 rings (SSSR count). The van der Waals surface area contributed by atoms with E-state index < -0.39 is 0 Å². The first kappa shape index (κ1) is 8.99. The topological polar surface area (TPSA) is 57.4 Å². The average molecular weight is 281 g/mol. The maximum atomic E-state index is 4.91. The normalized spacial score (nSPS) is 11.3. The SMILES string of the molecule is S=c1nc2[nH]c3ccc(Br)cc3c2n[nH]1. The van der Waals surface area contributed by atoms with Gasteiger partial charge in [-0.3, -0.25) is 5.10 Å². The van der Waals surface area contributed by atoms with Crippen LogP contribution in [0.25, 0.3) is 22.1 Å². The molecule has 2 heterocycles. The summed E-state index contributed by atoms with van der Waals surface area (Å²) in [5.74, 6) is 0. The van der Waals surface area contributed by atoms with Crippen LogP contribution in [0.5, 0.6) is 0 Å². The number of nitrogens with one attached hydrogen (secondary N) is 2. The molecular weight excluding hydrogens is 276 g/mol. The van der Waals surface area contributed by atoms with Gasteiger partial charge in [0, 0.05) is 15.4 Å². The third-order valence-corrected chi connectivity index (χ3v) is 2.87. The van der Waals surface area contributed by atoms with E-state index in [9.17, 15) is 0 Å². The van der Waals surface area contributed by atoms with E-state index in [1.807, 2.05) is 18.2 Å². The third-order valence-electron chi connectivity index (χ3n) is 2.19. The van der Waals surface area contributed by atoms with Crippen molar-refractivity contribution in [2.45, 2.75) is 0 Å². The van der Waals surface area contributed by atoms with Gasteiger partial charge in [-0.25, -0.2) is 0 Å². The van der Waals surface area contributed by atoms with Crippen LogP contribution in [0.4, 0.5) is 0 Å². The Hall–Kier alpha value is -1.27. The van der Waals surface area contributed by atoms with Gasteiger partial charge in [0.25, 0.3) is 0 Å². The summed E-state index contributed by atoms with van der Waals surface area (Å²) in [5.41, 5.74) is 2.52. The van der Waals surface area contributed by atoms with Gasteiger partial charge < -0.3 is 4.98 Å². The van der Waals surface area contributed by atoms with Crippen LogP contribution in [-0.4, -0.2) is 20.2 Å². The van der Waals surface area contributed by atoms with E-state index in [1.165, 1.54) is 0 Å². The molecule has 0 saturated heterocycles. The summed E-state index contributed by atoms with van der Waals surface area (Å²) in [6, 6.07) is 5.95. The van der Waals surface area contributed by atoms with Gasteiger partial charge in [-0.2, -0.15) is 10.1 Å². The van der Waals surface area contributed by atoms with Crippen molar-refractivity contribution < 1.29 is 0 Å². The number of hydrogen-bond acceptors (Lipinski definition) is 3. The molecule has 1 aromatic carbocycles. The summed E-state index contributed by atoms with van der Waals surface area (Å²) in [6.45, 7) is 0. The zero-order valence-electron chi connectivity index (χ0n) is 7.41. The zero-order valence-corrected chi connectivity index (χ0v) is 9.82. The number of H-pyrrole nitrogens is 2. The van der Waals surface area contributed by atoms with Crippen molar-refractivity contribution in [1.82, 2.24) is 20.2 Å². The van der Waals surface area contributed by atoms with Gasteiger partial charge >= 0.3 is 0 Å². The van der Waals surface area contributed by atoms with Crippen molar-refractivity contribution in [3.8, 4) is 0 Å². The van der Waals surface area contributed by atoms with E-state index in [2.05, 4.69) is 36.1 Å². The Balaban J connectivity index is 2.58. The second-order valence-corrected chi connectivity index (χ2v) is 4.46. The minimum atomic E-state index is 0.383. The molecule has 0 radical (unpaired) electrons. The smallest absolute Gasteiger partial charge is 0.215 e. The molecule has 6 heteroatoms. The summed E-state index contributed by atoms with van der Waals surface area (Å²) in [5, 5.41) is 7.88. The Morgan fingerprint density at radius 3 is 3.07 bits per heavy atom. The van der Waals surface area contributed by atoms with Gasteiger partial charge in [-0.15, -0.1) is 0 Å². The largest absolute Gasteiger partial charge is 0.338 e. The van der Waals surface area contributed by atoms with Gasteiger partial charge in [0.05, 0.1) is 0 Å². The molecular formula is C9H5BrN4S. The first-order chi connectivity index (χ1) is 7.24. The maximum absolute atomic E-state index is 4.91. The summed E-state index contributed by atoms with van der Waals surface area (Å²) in [4.78, 5) is 7.33. The molecule has 4 nitrogen and oxygen atoms in total. The minimum absolute atomic E-state index is 0.383. The second-order valence-electron chi connectivity index (χ2n) is 3.15. The lowest BCUT2D eigenvalue weighted by atomic mass is 10.2. The Bertz CT molecular complexity index is 715. The molecule has 0 saturated carbocycles. The number of nitrogens with zero attached hydrogens (tertiary/aromatic N) is 2. The number of hydrogen-bond donors (Lipinski definition) is 2. The number of aromatic amines is 2. The van der Waals surface area contributed by atoms with Gasteiger partial charge in [-0.1, -0.05) is 15.9 Å². The van der Waals surface area contributed by atoms with Crippen LogP contribution < -0.4 is 0 Å². The quantitative estimate of drug-likeness (QED) is 0.623. The molecule has 0 aliphatic rings. The second kappa shape index (κ2) is 3.11. The van der Waals surface area contributed by atoms with Crippen molar-refractivity contribution in [2.24, 2.45) is 0 Å². The molecule has 3 aromatic rings. The number of fused-ring (bicyclic) bond motifs is 3. The van der Waals surface area contributed by atoms with Crippen molar-refractivity contribution in [2.75, 3.05) is 0 Å². The minimum Gasteiger partial charge on any atom is -0.338 e. The van der Waals surface area contributed by atoms with E-state index in [0.717, 1.165) is 20.9 Å². The van der Waals surface area contributed by atoms with Crippen LogP contribution in [0.15, 0.2) is 22.7 Å². The van der Waals surface area contributed by atoms with Crippen LogP contribution in [0.3, 0.4) is 0 Å². The summed E-state index contributed by atoms with van der Waals surface area (Å²) in [6.07, 6.45) is 0. The summed E-state index contributed by atoms with van der Waals surface area (Å²) < 4.78 is 1.40. The Morgan fingerprint density at radius 2 is 2.20 bits per heavy atom. The van der Waals surface area contributed by atoms with Gasteiger partial charge in [0.1, 0.15) is 5.52 Å². The maximum Gasteiger partial charge on any atom is 0.215 e. The van der Waals surface area contributed by atoms with Crippen LogP contribution in [0, 0.1) is 4.77 Å². The van der Waals surface area contributed by atoms with Crippen LogP contribution in [0.1, 0.15) is 0 Å². The molecule has 2 N–H and O–H groups in total. The van der Waals surface area contributed by atoms with Gasteiger partial charge in [0.2, 0.25) is 4.77 Å². The van der Waals surface area contributed by atoms with Crippen LogP contribution in [0.2, 0.25) is 0 Å². The number of rotatable bonds is 0. The molecule has 0 amide bonds. The third kappa shape index (κ3) is 1.37. The van der Waals surface area contributed by atoms with Crippen molar-refractivity contribution in [1.29, 1.82) is 0 Å². The lowest BCUT2D eigenvalue weighted by molar-refractivity contribution is 0.999. The molecule has 0 unspecified atom stereocenters. The first-order valence-electron chi connectivity index (χ1n) is 4.28. The van der Waals surface area contributed by atoms with E-state index in [4.69, 9.17) is 12.2 Å². The van der Waals surface area contributed by atoms with Crippen molar-refractivity contribution >= 4 is 50.2 Å². The highest BCUT2D eigenvalue weighted by molar-refractivity contribution is 9.10. The highest BCUT2D eigenvalue weighted by Gasteiger charge is 2.06. The van der Waals surface area contributed by atoms with Crippen LogP contribution >= 0.6 is 28.1 Å². The molecule has 15 heavy (non-hydrogen) atoms. The molecule has 0 aliphatic carbocycles. The highest BCUT2D eigenvalue weighted by Crippen LogP contribution is 2.24. The van der Waals surface area contributed by atoms with Crippen molar-refractivity contribution in [3.63, 3.8) is 0 Å². The number of benzene rings is 1. The monoisotopic (exact) mass is 280 g/mol. The molecule has 2 aromatic heterocycles. The van der Waals surface area contributed by atoms with E-state index >= 15 is 0 Å². The molecule has 0 aliphatic heterocycles. The average Bonchev–Trinajstić information content (AvgIpc) is 2.54. The van der Waals surface area contributed by atoms with Crippen LogP contribution in [-0.2, 0) is 0 Å². The molecule has 0 fully saturated rings. The van der Waals surface area contributed by atoms with Crippen molar-refractivity contribution in [3.05, 3.63) is 27.4 Å². The summed E-state index contributed by atoms with van der Waals surface area (Å²) in [7, 11) is 0. The highest BCUT2D eigenvalue weighted by atomic mass is 79.9. The van der Waals surface area contributed by atoms with Gasteiger partial charge in [-0.05, 0) is 30.4 Å². The fourth-order valence-electron chi connectivity index (χ4n) is 1.56. The first-order valence-corrected chi connectivity index (χ1v) is 5.48. The lowest BCUT2D eigenvalue weighted by Crippen LogP contribution is -1.86. The zero-order chi connectivity index (χ0) is 10.4. The molecule has 0 bridgehead atoms. The van der Waals surface area contributed by atoms with E-state index in [-0.39, 0.29) is 0 Å². The number of halogens is 1. The molecule has 0 spiro atoms. The molecule has 0 atom stereocenters. The summed E-state index contributed by atoms with van der Waals surface area (Å²) >= 11 is 8.34. The van der Waals surface area contributed by atoms with E-state index in [1.54, 1.807) is 0 Å². The molecule has 74 valence electrons. The Kier molecular flexibility index (Phi) is 1.86. The standard InChI is InChI=1S/C9H5BrN4S/c10-4-1-2-6-5(3-4)7-8(11-6)12-9(15)14-13-7/h1-3H,(H2,11,12,14,15). The van der Waals surface area contributed by atoms with Gasteiger partial charge in [0.15, 0.2) is 5.65 Å².